The normalized spacial score (nSPS) is 12.4. The Kier molecular flexibility index (Phi) is 3.10. The van der Waals surface area contributed by atoms with Crippen molar-refractivity contribution in [3.8, 4) is 5.75 Å². The van der Waals surface area contributed by atoms with Crippen LogP contribution in [-0.2, 0) is 0 Å². The maximum Gasteiger partial charge on any atom is 0.180 e. The molecule has 0 spiro atoms. The van der Waals surface area contributed by atoms with Crippen molar-refractivity contribution in [1.82, 2.24) is 4.98 Å². The predicted octanol–water partition coefficient (Wildman–Crippen LogP) is 3.17. The minimum atomic E-state index is -0.0738. The second kappa shape index (κ2) is 4.53. The lowest BCUT2D eigenvalue weighted by atomic mass is 10.2. The number of aryl methyl sites for hydroxylation is 1. The molecule has 84 valence electrons. The number of thiazole rings is 1. The summed E-state index contributed by atoms with van der Waals surface area (Å²) >= 11 is 1.43. The first-order valence-corrected chi connectivity index (χ1v) is 5.97. The van der Waals surface area contributed by atoms with E-state index >= 15 is 0 Å². The van der Waals surface area contributed by atoms with Gasteiger partial charge in [-0.3, -0.25) is 0 Å². The van der Waals surface area contributed by atoms with Crippen LogP contribution in [0.5, 0.6) is 5.75 Å². The molecule has 0 saturated carbocycles. The van der Waals surface area contributed by atoms with Crippen molar-refractivity contribution in [3.05, 3.63) is 40.9 Å². The first-order chi connectivity index (χ1) is 7.65. The Bertz CT molecular complexity index is 481. The van der Waals surface area contributed by atoms with Crippen molar-refractivity contribution in [2.75, 3.05) is 5.73 Å². The number of hydrogen-bond donors (Lipinski definition) is 1. The molecular weight excluding hydrogens is 220 g/mol. The van der Waals surface area contributed by atoms with Gasteiger partial charge in [0.1, 0.15) is 11.9 Å². The van der Waals surface area contributed by atoms with E-state index in [1.807, 2.05) is 43.5 Å². The van der Waals surface area contributed by atoms with Crippen molar-refractivity contribution < 1.29 is 4.74 Å². The summed E-state index contributed by atoms with van der Waals surface area (Å²) < 4.78 is 5.78. The van der Waals surface area contributed by atoms with Crippen LogP contribution in [0.1, 0.15) is 24.3 Å². The van der Waals surface area contributed by atoms with Crippen molar-refractivity contribution in [3.63, 3.8) is 0 Å². The molecule has 4 heteroatoms. The van der Waals surface area contributed by atoms with E-state index in [4.69, 9.17) is 10.5 Å². The SMILES string of the molecule is Cc1cccc(OC(C)c2csc(N)n2)c1. The van der Waals surface area contributed by atoms with E-state index in [0.29, 0.717) is 5.13 Å². The quantitative estimate of drug-likeness (QED) is 0.887. The highest BCUT2D eigenvalue weighted by atomic mass is 32.1. The Morgan fingerprint density at radius 2 is 2.25 bits per heavy atom. The first-order valence-electron chi connectivity index (χ1n) is 5.09. The van der Waals surface area contributed by atoms with Gasteiger partial charge in [0.15, 0.2) is 5.13 Å². The Balaban J connectivity index is 2.10. The second-order valence-corrected chi connectivity index (χ2v) is 4.58. The molecule has 2 aromatic rings. The molecule has 0 aliphatic rings. The second-order valence-electron chi connectivity index (χ2n) is 3.69. The van der Waals surface area contributed by atoms with Crippen LogP contribution >= 0.6 is 11.3 Å². The third kappa shape index (κ3) is 2.52. The van der Waals surface area contributed by atoms with Gasteiger partial charge in [-0.2, -0.15) is 0 Å². The van der Waals surface area contributed by atoms with Gasteiger partial charge >= 0.3 is 0 Å². The third-order valence-corrected chi connectivity index (χ3v) is 2.95. The van der Waals surface area contributed by atoms with Crippen molar-refractivity contribution in [2.24, 2.45) is 0 Å². The molecule has 0 saturated heterocycles. The Labute approximate surface area is 98.9 Å². The lowest BCUT2D eigenvalue weighted by Gasteiger charge is -2.12. The number of ether oxygens (including phenoxy) is 1. The lowest BCUT2D eigenvalue weighted by Crippen LogP contribution is -2.03. The van der Waals surface area contributed by atoms with Gasteiger partial charge in [0.25, 0.3) is 0 Å². The summed E-state index contributed by atoms with van der Waals surface area (Å²) in [5, 5.41) is 2.50. The van der Waals surface area contributed by atoms with Gasteiger partial charge in [0, 0.05) is 5.38 Å². The molecule has 2 N–H and O–H groups in total. The zero-order valence-electron chi connectivity index (χ0n) is 9.31. The fraction of sp³-hybridized carbons (Fsp3) is 0.250. The Morgan fingerprint density at radius 1 is 1.44 bits per heavy atom. The molecule has 0 radical (unpaired) electrons. The van der Waals surface area contributed by atoms with Gasteiger partial charge < -0.3 is 10.5 Å². The average molecular weight is 234 g/mol. The highest BCUT2D eigenvalue weighted by Crippen LogP contribution is 2.24. The first kappa shape index (κ1) is 11.0. The summed E-state index contributed by atoms with van der Waals surface area (Å²) in [6.45, 7) is 4.01. The van der Waals surface area contributed by atoms with Gasteiger partial charge in [-0.05, 0) is 31.5 Å². The van der Waals surface area contributed by atoms with Crippen LogP contribution in [-0.4, -0.2) is 4.98 Å². The van der Waals surface area contributed by atoms with Crippen LogP contribution in [0.2, 0.25) is 0 Å². The van der Waals surface area contributed by atoms with E-state index in [1.165, 1.54) is 16.9 Å². The molecule has 1 aromatic carbocycles. The number of nitrogens with zero attached hydrogens (tertiary/aromatic N) is 1. The molecule has 0 aliphatic heterocycles. The smallest absolute Gasteiger partial charge is 0.180 e. The molecule has 3 nitrogen and oxygen atoms in total. The van der Waals surface area contributed by atoms with E-state index in [1.54, 1.807) is 0 Å². The van der Waals surface area contributed by atoms with E-state index < -0.39 is 0 Å². The molecule has 1 unspecified atom stereocenters. The number of nitrogens with two attached hydrogens (primary N) is 1. The van der Waals surface area contributed by atoms with E-state index in [-0.39, 0.29) is 6.10 Å². The number of nitrogen functional groups attached to an aromatic ring is 1. The predicted molar refractivity (Wildman–Crippen MR) is 66.7 cm³/mol. The van der Waals surface area contributed by atoms with E-state index in [2.05, 4.69) is 4.98 Å². The molecule has 1 aromatic heterocycles. The molecule has 0 aliphatic carbocycles. The summed E-state index contributed by atoms with van der Waals surface area (Å²) in [4.78, 5) is 4.20. The fourth-order valence-corrected chi connectivity index (χ4v) is 2.08. The monoisotopic (exact) mass is 234 g/mol. The van der Waals surface area contributed by atoms with Gasteiger partial charge in [-0.1, -0.05) is 12.1 Å². The highest BCUT2D eigenvalue weighted by Gasteiger charge is 2.10. The molecule has 0 fully saturated rings. The van der Waals surface area contributed by atoms with Crippen LogP contribution in [0.3, 0.4) is 0 Å². The highest BCUT2D eigenvalue weighted by molar-refractivity contribution is 7.13. The summed E-state index contributed by atoms with van der Waals surface area (Å²) in [6, 6.07) is 7.97. The summed E-state index contributed by atoms with van der Waals surface area (Å²) in [5.74, 6) is 0.860. The summed E-state index contributed by atoms with van der Waals surface area (Å²) in [7, 11) is 0. The van der Waals surface area contributed by atoms with Crippen molar-refractivity contribution in [2.45, 2.75) is 20.0 Å². The van der Waals surface area contributed by atoms with Gasteiger partial charge in [-0.15, -0.1) is 11.3 Å². The van der Waals surface area contributed by atoms with Gasteiger partial charge in [0.2, 0.25) is 0 Å². The zero-order chi connectivity index (χ0) is 11.5. The number of aromatic nitrogens is 1. The van der Waals surface area contributed by atoms with E-state index in [9.17, 15) is 0 Å². The Hall–Kier alpha value is -1.55. The maximum atomic E-state index is 5.78. The van der Waals surface area contributed by atoms with Crippen LogP contribution in [0, 0.1) is 6.92 Å². The zero-order valence-corrected chi connectivity index (χ0v) is 10.1. The van der Waals surface area contributed by atoms with Crippen LogP contribution in [0.4, 0.5) is 5.13 Å². The summed E-state index contributed by atoms with van der Waals surface area (Å²) in [5.41, 5.74) is 7.65. The Morgan fingerprint density at radius 3 is 2.88 bits per heavy atom. The third-order valence-electron chi connectivity index (χ3n) is 2.26. The van der Waals surface area contributed by atoms with Crippen LogP contribution in [0.25, 0.3) is 0 Å². The standard InChI is InChI=1S/C12H14N2OS/c1-8-4-3-5-10(6-8)15-9(2)11-7-16-12(13)14-11/h3-7,9H,1-2H3,(H2,13,14). The number of anilines is 1. The average Bonchev–Trinajstić information content (AvgIpc) is 2.65. The summed E-state index contributed by atoms with van der Waals surface area (Å²) in [6.07, 6.45) is -0.0738. The molecule has 1 atom stereocenters. The molecular formula is C12H14N2OS. The van der Waals surface area contributed by atoms with Gasteiger partial charge in [0.05, 0.1) is 5.69 Å². The molecule has 0 bridgehead atoms. The fourth-order valence-electron chi connectivity index (χ4n) is 1.44. The number of hydrogen-bond acceptors (Lipinski definition) is 4. The van der Waals surface area contributed by atoms with Crippen molar-refractivity contribution in [1.29, 1.82) is 0 Å². The van der Waals surface area contributed by atoms with Crippen LogP contribution in [0.15, 0.2) is 29.6 Å². The molecule has 1 heterocycles. The minimum Gasteiger partial charge on any atom is -0.484 e. The topological polar surface area (TPSA) is 48.1 Å². The minimum absolute atomic E-state index is 0.0738. The lowest BCUT2D eigenvalue weighted by molar-refractivity contribution is 0.222. The number of benzene rings is 1. The molecule has 16 heavy (non-hydrogen) atoms. The molecule has 0 amide bonds. The molecule has 2 rings (SSSR count). The van der Waals surface area contributed by atoms with Gasteiger partial charge in [-0.25, -0.2) is 4.98 Å². The largest absolute Gasteiger partial charge is 0.484 e. The van der Waals surface area contributed by atoms with Crippen LogP contribution < -0.4 is 10.5 Å². The van der Waals surface area contributed by atoms with E-state index in [0.717, 1.165) is 11.4 Å². The maximum absolute atomic E-state index is 5.78. The van der Waals surface area contributed by atoms with Crippen molar-refractivity contribution >= 4 is 16.5 Å². The number of rotatable bonds is 3.